The van der Waals surface area contributed by atoms with Crippen LogP contribution in [0.25, 0.3) is 11.4 Å². The molecule has 0 spiro atoms. The second kappa shape index (κ2) is 5.65. The van der Waals surface area contributed by atoms with Crippen LogP contribution in [-0.4, -0.2) is 24.9 Å². The van der Waals surface area contributed by atoms with E-state index in [-0.39, 0.29) is 5.82 Å². The maximum atomic E-state index is 12.9. The summed E-state index contributed by atoms with van der Waals surface area (Å²) in [5, 5.41) is 12.7. The number of halogens is 1. The highest BCUT2D eigenvalue weighted by Crippen LogP contribution is 2.24. The molecule has 1 aromatic carbocycles. The lowest BCUT2D eigenvalue weighted by Gasteiger charge is -2.02. The number of thioether (sulfide) groups is 1. The Morgan fingerprint density at radius 1 is 1.24 bits per heavy atom. The van der Waals surface area contributed by atoms with Crippen molar-refractivity contribution >= 4 is 11.8 Å². The van der Waals surface area contributed by atoms with E-state index in [1.807, 2.05) is 11.6 Å². The van der Waals surface area contributed by atoms with Gasteiger partial charge in [0.2, 0.25) is 5.89 Å². The summed E-state index contributed by atoms with van der Waals surface area (Å²) < 4.78 is 19.8. The topological polar surface area (TPSA) is 69.6 Å². The highest BCUT2D eigenvalue weighted by atomic mass is 32.2. The quantitative estimate of drug-likeness (QED) is 0.690. The van der Waals surface area contributed by atoms with Crippen molar-refractivity contribution in [2.75, 3.05) is 0 Å². The lowest BCUT2D eigenvalue weighted by molar-refractivity contribution is 0.387. The Morgan fingerprint density at radius 2 is 2.00 bits per heavy atom. The van der Waals surface area contributed by atoms with Crippen molar-refractivity contribution in [2.45, 2.75) is 17.8 Å². The van der Waals surface area contributed by atoms with Crippen LogP contribution in [0.15, 0.2) is 33.9 Å². The minimum absolute atomic E-state index is 0.276. The molecule has 6 nitrogen and oxygen atoms in total. The van der Waals surface area contributed by atoms with Gasteiger partial charge < -0.3 is 9.09 Å². The predicted molar refractivity (Wildman–Crippen MR) is 75.0 cm³/mol. The molecule has 0 fully saturated rings. The van der Waals surface area contributed by atoms with Gasteiger partial charge in [0.1, 0.15) is 5.82 Å². The van der Waals surface area contributed by atoms with Crippen molar-refractivity contribution in [3.8, 4) is 11.4 Å². The van der Waals surface area contributed by atoms with Crippen LogP contribution in [0.4, 0.5) is 4.39 Å². The smallest absolute Gasteiger partial charge is 0.237 e. The molecular formula is C13H12FN5OS. The zero-order valence-corrected chi connectivity index (χ0v) is 12.3. The van der Waals surface area contributed by atoms with Crippen LogP contribution in [0.2, 0.25) is 0 Å². The summed E-state index contributed by atoms with van der Waals surface area (Å²) in [7, 11) is 1.86. The van der Waals surface area contributed by atoms with E-state index < -0.39 is 0 Å². The largest absolute Gasteiger partial charge is 0.338 e. The summed E-state index contributed by atoms with van der Waals surface area (Å²) in [6, 6.07) is 6.15. The van der Waals surface area contributed by atoms with Crippen LogP contribution in [0, 0.1) is 12.7 Å². The lowest BCUT2D eigenvalue weighted by Crippen LogP contribution is -1.95. The van der Waals surface area contributed by atoms with Gasteiger partial charge in [-0.15, -0.1) is 10.2 Å². The van der Waals surface area contributed by atoms with E-state index >= 15 is 0 Å². The van der Waals surface area contributed by atoms with Gasteiger partial charge in [0.15, 0.2) is 16.8 Å². The van der Waals surface area contributed by atoms with Crippen LogP contribution in [-0.2, 0) is 12.8 Å². The Bertz CT molecular complexity index is 752. The van der Waals surface area contributed by atoms with Crippen molar-refractivity contribution in [1.82, 2.24) is 24.9 Å². The maximum absolute atomic E-state index is 12.9. The lowest BCUT2D eigenvalue weighted by atomic mass is 10.2. The molecule has 8 heteroatoms. The Morgan fingerprint density at radius 3 is 2.67 bits per heavy atom. The molecule has 0 saturated carbocycles. The van der Waals surface area contributed by atoms with Gasteiger partial charge in [-0.3, -0.25) is 0 Å². The fraction of sp³-hybridized carbons (Fsp3) is 0.231. The van der Waals surface area contributed by atoms with Crippen LogP contribution in [0.5, 0.6) is 0 Å². The molecule has 0 unspecified atom stereocenters. The third-order valence-electron chi connectivity index (χ3n) is 2.83. The fourth-order valence-corrected chi connectivity index (χ4v) is 2.56. The zero-order chi connectivity index (χ0) is 14.8. The summed E-state index contributed by atoms with van der Waals surface area (Å²) in [6.07, 6.45) is 0. The molecule has 3 rings (SSSR count). The van der Waals surface area contributed by atoms with Crippen molar-refractivity contribution in [3.63, 3.8) is 0 Å². The Hall–Kier alpha value is -2.22. The molecule has 108 valence electrons. The minimum Gasteiger partial charge on any atom is -0.338 e. The second-order valence-electron chi connectivity index (χ2n) is 4.40. The molecule has 21 heavy (non-hydrogen) atoms. The van der Waals surface area contributed by atoms with Crippen molar-refractivity contribution in [1.29, 1.82) is 0 Å². The molecule has 0 atom stereocenters. The van der Waals surface area contributed by atoms with E-state index in [9.17, 15) is 4.39 Å². The highest BCUT2D eigenvalue weighted by Gasteiger charge is 2.13. The van der Waals surface area contributed by atoms with Gasteiger partial charge in [0.25, 0.3) is 0 Å². The number of aromatic nitrogens is 5. The average Bonchev–Trinajstić information content (AvgIpc) is 3.04. The van der Waals surface area contributed by atoms with Crippen molar-refractivity contribution in [3.05, 3.63) is 41.8 Å². The highest BCUT2D eigenvalue weighted by molar-refractivity contribution is 7.98. The summed E-state index contributed by atoms with van der Waals surface area (Å²) in [5.41, 5.74) is 0.812. The molecule has 2 heterocycles. The first-order valence-electron chi connectivity index (χ1n) is 6.21. The molecule has 3 aromatic rings. The standard InChI is InChI=1S/C13H12FN5OS/c1-8-15-11(20-18-8)7-21-13-17-16-12(19(13)2)9-3-5-10(14)6-4-9/h3-6H,7H2,1-2H3. The first kappa shape index (κ1) is 13.7. The number of hydrogen-bond donors (Lipinski definition) is 0. The number of benzene rings is 1. The number of nitrogens with zero attached hydrogens (tertiary/aromatic N) is 5. The fourth-order valence-electron chi connectivity index (χ4n) is 1.82. The molecule has 0 bridgehead atoms. The van der Waals surface area contributed by atoms with Crippen molar-refractivity contribution < 1.29 is 8.91 Å². The molecule has 0 aliphatic heterocycles. The van der Waals surface area contributed by atoms with Gasteiger partial charge in [-0.2, -0.15) is 4.98 Å². The molecular weight excluding hydrogens is 293 g/mol. The van der Waals surface area contributed by atoms with Gasteiger partial charge in [-0.25, -0.2) is 4.39 Å². The third kappa shape index (κ3) is 2.94. The van der Waals surface area contributed by atoms with Gasteiger partial charge in [0.05, 0.1) is 5.75 Å². The van der Waals surface area contributed by atoms with Crippen LogP contribution in [0.1, 0.15) is 11.7 Å². The second-order valence-corrected chi connectivity index (χ2v) is 5.34. The zero-order valence-electron chi connectivity index (χ0n) is 11.4. The SMILES string of the molecule is Cc1noc(CSc2nnc(-c3ccc(F)cc3)n2C)n1. The molecule has 0 radical (unpaired) electrons. The summed E-state index contributed by atoms with van der Waals surface area (Å²) in [6.45, 7) is 1.77. The van der Waals surface area contributed by atoms with Crippen LogP contribution >= 0.6 is 11.8 Å². The van der Waals surface area contributed by atoms with Crippen LogP contribution < -0.4 is 0 Å². The monoisotopic (exact) mass is 305 g/mol. The summed E-state index contributed by atoms with van der Waals surface area (Å²) in [4.78, 5) is 4.13. The van der Waals surface area contributed by atoms with E-state index in [0.29, 0.717) is 23.3 Å². The summed E-state index contributed by atoms with van der Waals surface area (Å²) >= 11 is 1.45. The number of rotatable bonds is 4. The Labute approximate surface area is 124 Å². The molecule has 0 aliphatic carbocycles. The van der Waals surface area contributed by atoms with Crippen LogP contribution in [0.3, 0.4) is 0 Å². The average molecular weight is 305 g/mol. The van der Waals surface area contributed by atoms with Gasteiger partial charge >= 0.3 is 0 Å². The van der Waals surface area contributed by atoms with E-state index in [1.54, 1.807) is 19.1 Å². The van der Waals surface area contributed by atoms with E-state index in [0.717, 1.165) is 10.7 Å². The molecule has 0 saturated heterocycles. The summed E-state index contributed by atoms with van der Waals surface area (Å²) in [5.74, 6) is 2.08. The van der Waals surface area contributed by atoms with Gasteiger partial charge in [-0.1, -0.05) is 16.9 Å². The molecule has 2 aromatic heterocycles. The van der Waals surface area contributed by atoms with E-state index in [1.165, 1.54) is 23.9 Å². The Balaban J connectivity index is 1.77. The third-order valence-corrected chi connectivity index (χ3v) is 3.84. The first-order chi connectivity index (χ1) is 10.1. The first-order valence-corrected chi connectivity index (χ1v) is 7.19. The number of hydrogen-bond acceptors (Lipinski definition) is 6. The molecule has 0 N–H and O–H groups in total. The van der Waals surface area contributed by atoms with Gasteiger partial charge in [0, 0.05) is 12.6 Å². The van der Waals surface area contributed by atoms with E-state index in [2.05, 4.69) is 20.3 Å². The molecule has 0 aliphatic rings. The predicted octanol–water partition coefficient (Wildman–Crippen LogP) is 2.60. The Kier molecular flexibility index (Phi) is 3.70. The van der Waals surface area contributed by atoms with Crippen molar-refractivity contribution in [2.24, 2.45) is 7.05 Å². The maximum Gasteiger partial charge on any atom is 0.237 e. The number of aryl methyl sites for hydroxylation is 1. The minimum atomic E-state index is -0.276. The van der Waals surface area contributed by atoms with E-state index in [4.69, 9.17) is 4.52 Å². The van der Waals surface area contributed by atoms with Gasteiger partial charge in [-0.05, 0) is 31.2 Å². The normalized spacial score (nSPS) is 11.0. The molecule has 0 amide bonds.